The zero-order chi connectivity index (χ0) is 28.4. The number of fused-ring (bicyclic) bond motifs is 1. The van der Waals surface area contributed by atoms with Crippen LogP contribution in [0.15, 0.2) is 36.4 Å². The van der Waals surface area contributed by atoms with Gasteiger partial charge in [0.15, 0.2) is 12.1 Å². The molecule has 2 aromatic rings. The second-order valence-electron chi connectivity index (χ2n) is 10.0. The van der Waals surface area contributed by atoms with E-state index in [1.54, 1.807) is 19.1 Å². The van der Waals surface area contributed by atoms with Crippen LogP contribution in [0.3, 0.4) is 0 Å². The first kappa shape index (κ1) is 28.9. The molecule has 1 aliphatic carbocycles. The smallest absolute Gasteiger partial charge is 0.330 e. The molecule has 1 aliphatic heterocycles. The number of carbonyl (C=O) groups excluding carboxylic acids is 2. The number of Topliss-reactive ketones (excluding diaryl/α,β-unsaturated/α-hetero) is 1. The van der Waals surface area contributed by atoms with Crippen LogP contribution in [0.1, 0.15) is 51.2 Å². The van der Waals surface area contributed by atoms with Crippen LogP contribution in [-0.2, 0) is 25.4 Å². The van der Waals surface area contributed by atoms with Crippen LogP contribution in [-0.4, -0.2) is 81.2 Å². The molecule has 1 heterocycles. The van der Waals surface area contributed by atoms with Crippen molar-refractivity contribution >= 4 is 17.8 Å². The Balaban J connectivity index is 1.47. The fourth-order valence-electron chi connectivity index (χ4n) is 5.20. The lowest BCUT2D eigenvalue weighted by Gasteiger charge is -2.41. The number of ether oxygens (including phenoxy) is 3. The topological polar surface area (TPSA) is 163 Å². The summed E-state index contributed by atoms with van der Waals surface area (Å²) in [5.41, 5.74) is 4.35. The molecule has 7 atom stereocenters. The number of ketones is 1. The number of phenolic OH excluding ortho intramolecular Hbond substituents is 1. The third kappa shape index (κ3) is 5.91. The first-order valence-corrected chi connectivity index (χ1v) is 12.8. The number of esters is 1. The number of hydrogen-bond donors (Lipinski definition) is 5. The third-order valence-corrected chi connectivity index (χ3v) is 7.39. The summed E-state index contributed by atoms with van der Waals surface area (Å²) in [6, 6.07) is 7.99. The first-order valence-electron chi connectivity index (χ1n) is 12.8. The lowest BCUT2D eigenvalue weighted by molar-refractivity contribution is -0.314. The molecule has 0 amide bonds. The molecule has 1 fully saturated rings. The average molecular weight is 543 g/mol. The maximum Gasteiger partial charge on any atom is 0.330 e. The van der Waals surface area contributed by atoms with Gasteiger partial charge < -0.3 is 39.7 Å². The highest BCUT2D eigenvalue weighted by Crippen LogP contribution is 2.43. The molecule has 0 spiro atoms. The van der Waals surface area contributed by atoms with E-state index in [0.717, 1.165) is 16.7 Å². The molecule has 210 valence electrons. The van der Waals surface area contributed by atoms with Crippen LogP contribution in [0.5, 0.6) is 5.75 Å². The van der Waals surface area contributed by atoms with E-state index in [0.29, 0.717) is 23.1 Å². The number of aromatic hydroxyl groups is 1. The van der Waals surface area contributed by atoms with Crippen LogP contribution < -0.4 is 0 Å². The SMILES string of the molecule is Cc1cc2c(c(C)c1CCO)C(=O)[C@@H](C)[C@@H]2O[C@@H]1O[C@H](COC(=O)/C=C/c2ccc(O)cc2)[C@@H](O)[C@H](O)[C@H]1O. The summed E-state index contributed by atoms with van der Waals surface area (Å²) < 4.78 is 17.0. The van der Waals surface area contributed by atoms with Gasteiger partial charge in [-0.2, -0.15) is 0 Å². The van der Waals surface area contributed by atoms with E-state index < -0.39 is 55.3 Å². The van der Waals surface area contributed by atoms with Crippen LogP contribution in [0.2, 0.25) is 0 Å². The van der Waals surface area contributed by atoms with Crippen LogP contribution >= 0.6 is 0 Å². The van der Waals surface area contributed by atoms with Gasteiger partial charge in [-0.15, -0.1) is 0 Å². The molecule has 2 aliphatic rings. The van der Waals surface area contributed by atoms with Gasteiger partial charge in [0.05, 0.1) is 12.0 Å². The van der Waals surface area contributed by atoms with Crippen molar-refractivity contribution in [2.24, 2.45) is 5.92 Å². The molecular weight excluding hydrogens is 508 g/mol. The van der Waals surface area contributed by atoms with Crippen molar-refractivity contribution in [1.82, 2.24) is 0 Å². The van der Waals surface area contributed by atoms with Crippen molar-refractivity contribution in [3.63, 3.8) is 0 Å². The second kappa shape index (κ2) is 12.0. The number of aliphatic hydroxyl groups excluding tert-OH is 4. The van der Waals surface area contributed by atoms with Crippen molar-refractivity contribution in [1.29, 1.82) is 0 Å². The molecule has 5 N–H and O–H groups in total. The largest absolute Gasteiger partial charge is 0.508 e. The van der Waals surface area contributed by atoms with Crippen molar-refractivity contribution < 1.29 is 49.3 Å². The molecule has 1 saturated heterocycles. The number of phenols is 1. The highest BCUT2D eigenvalue weighted by molar-refractivity contribution is 6.04. The maximum absolute atomic E-state index is 13.1. The maximum atomic E-state index is 13.1. The number of rotatable bonds is 8. The number of carbonyl (C=O) groups is 2. The minimum absolute atomic E-state index is 0.0506. The van der Waals surface area contributed by atoms with Gasteiger partial charge in [0.25, 0.3) is 0 Å². The average Bonchev–Trinajstić information content (AvgIpc) is 3.14. The Morgan fingerprint density at radius 2 is 1.77 bits per heavy atom. The molecule has 4 rings (SSSR count). The summed E-state index contributed by atoms with van der Waals surface area (Å²) >= 11 is 0. The minimum Gasteiger partial charge on any atom is -0.508 e. The number of benzene rings is 2. The standard InChI is InChI=1S/C29H34O10/c1-14-12-20-23(15(2)19(14)10-11-30)24(33)16(3)28(20)39-29-27(36)26(35)25(34)21(38-29)13-37-22(32)9-6-17-4-7-18(31)8-5-17/h4-9,12,16,21,25-31,34-36H,10-11,13H2,1-3H3/b9-6+/t16-,21-,25-,26+,27-,28+,29+/m1/s1. The summed E-state index contributed by atoms with van der Waals surface area (Å²) in [5, 5.41) is 50.3. The van der Waals surface area contributed by atoms with Gasteiger partial charge in [-0.25, -0.2) is 4.79 Å². The zero-order valence-corrected chi connectivity index (χ0v) is 22.0. The van der Waals surface area contributed by atoms with Crippen LogP contribution in [0.25, 0.3) is 6.08 Å². The molecule has 0 bridgehead atoms. The fraction of sp³-hybridized carbons (Fsp3) is 0.448. The predicted octanol–water partition coefficient (Wildman–Crippen LogP) is 1.50. The zero-order valence-electron chi connectivity index (χ0n) is 22.0. The molecule has 2 aromatic carbocycles. The van der Waals surface area contributed by atoms with E-state index in [1.807, 2.05) is 19.9 Å². The normalized spacial score (nSPS) is 28.6. The molecule has 10 heteroatoms. The van der Waals surface area contributed by atoms with Gasteiger partial charge in [-0.1, -0.05) is 25.1 Å². The second-order valence-corrected chi connectivity index (χ2v) is 10.0. The third-order valence-electron chi connectivity index (χ3n) is 7.39. The lowest BCUT2D eigenvalue weighted by atomic mass is 9.92. The Hall–Kier alpha value is -3.12. The summed E-state index contributed by atoms with van der Waals surface area (Å²) in [6.07, 6.45) is -5.18. The number of aryl methyl sites for hydroxylation is 1. The van der Waals surface area contributed by atoms with Crippen molar-refractivity contribution in [3.05, 3.63) is 69.8 Å². The lowest BCUT2D eigenvalue weighted by Crippen LogP contribution is -2.59. The van der Waals surface area contributed by atoms with E-state index in [4.69, 9.17) is 14.2 Å². The van der Waals surface area contributed by atoms with E-state index in [9.17, 15) is 35.1 Å². The Morgan fingerprint density at radius 3 is 2.44 bits per heavy atom. The van der Waals surface area contributed by atoms with Gasteiger partial charge in [0.1, 0.15) is 36.8 Å². The first-order chi connectivity index (χ1) is 18.5. The van der Waals surface area contributed by atoms with Crippen LogP contribution in [0, 0.1) is 19.8 Å². The Labute approximate surface area is 226 Å². The molecular formula is C29H34O10. The minimum atomic E-state index is -1.65. The van der Waals surface area contributed by atoms with Crippen molar-refractivity contribution in [2.75, 3.05) is 13.2 Å². The molecule has 0 aromatic heterocycles. The molecule has 0 saturated carbocycles. The van der Waals surface area contributed by atoms with E-state index in [2.05, 4.69) is 0 Å². The fourth-order valence-corrected chi connectivity index (χ4v) is 5.20. The van der Waals surface area contributed by atoms with Gasteiger partial charge in [-0.3, -0.25) is 4.79 Å². The summed E-state index contributed by atoms with van der Waals surface area (Å²) in [5.74, 6) is -1.38. The molecule has 0 radical (unpaired) electrons. The van der Waals surface area contributed by atoms with Gasteiger partial charge in [0, 0.05) is 18.2 Å². The highest BCUT2D eigenvalue weighted by atomic mass is 16.7. The monoisotopic (exact) mass is 542 g/mol. The molecule has 10 nitrogen and oxygen atoms in total. The van der Waals surface area contributed by atoms with Gasteiger partial charge in [0.2, 0.25) is 0 Å². The van der Waals surface area contributed by atoms with Crippen molar-refractivity contribution in [3.8, 4) is 5.75 Å². The Kier molecular flexibility index (Phi) is 8.85. The Bertz CT molecular complexity index is 1240. The van der Waals surface area contributed by atoms with E-state index >= 15 is 0 Å². The predicted molar refractivity (Wildman–Crippen MR) is 139 cm³/mol. The number of hydrogen-bond acceptors (Lipinski definition) is 10. The Morgan fingerprint density at radius 1 is 1.08 bits per heavy atom. The van der Waals surface area contributed by atoms with Gasteiger partial charge >= 0.3 is 5.97 Å². The summed E-state index contributed by atoms with van der Waals surface area (Å²) in [4.78, 5) is 25.3. The van der Waals surface area contributed by atoms with E-state index in [1.165, 1.54) is 24.3 Å². The van der Waals surface area contributed by atoms with E-state index in [-0.39, 0.29) is 18.1 Å². The van der Waals surface area contributed by atoms with Gasteiger partial charge in [-0.05, 0) is 66.3 Å². The molecule has 39 heavy (non-hydrogen) atoms. The summed E-state index contributed by atoms with van der Waals surface area (Å²) in [7, 11) is 0. The highest BCUT2D eigenvalue weighted by Gasteiger charge is 2.48. The van der Waals surface area contributed by atoms with Crippen molar-refractivity contribution in [2.45, 2.75) is 64.0 Å². The quantitative estimate of drug-likeness (QED) is 0.244. The van der Waals surface area contributed by atoms with Crippen LogP contribution in [0.4, 0.5) is 0 Å². The summed E-state index contributed by atoms with van der Waals surface area (Å²) in [6.45, 7) is 4.94. The number of aliphatic hydroxyl groups is 4. The molecule has 0 unspecified atom stereocenters.